The number of rotatable bonds is 0. The van der Waals surface area contributed by atoms with Crippen LogP contribution in [0, 0.1) is 5.92 Å². The summed E-state index contributed by atoms with van der Waals surface area (Å²) in [4.78, 5) is 0. The van der Waals surface area contributed by atoms with Gasteiger partial charge in [-0.25, -0.2) is 0 Å². The molecule has 7 heavy (non-hydrogen) atoms. The van der Waals surface area contributed by atoms with E-state index in [1.807, 2.05) is 0 Å². The Labute approximate surface area is 56.7 Å². The second kappa shape index (κ2) is 2.38. The van der Waals surface area contributed by atoms with E-state index in [1.54, 1.807) is 0 Å². The molecule has 40 valence electrons. The van der Waals surface area contributed by atoms with E-state index in [-0.39, 0.29) is 0 Å². The van der Waals surface area contributed by atoms with E-state index < -0.39 is 0 Å². The Bertz CT molecular complexity index is 57.1. The molecule has 0 nitrogen and oxygen atoms in total. The molecule has 2 atom stereocenters. The van der Waals surface area contributed by atoms with Gasteiger partial charge in [0.2, 0.25) is 0 Å². The van der Waals surface area contributed by atoms with E-state index in [2.05, 4.69) is 6.92 Å². The maximum atomic E-state index is 5.73. The summed E-state index contributed by atoms with van der Waals surface area (Å²) in [6, 6.07) is 0. The van der Waals surface area contributed by atoms with Crippen molar-refractivity contribution in [3.8, 4) is 0 Å². The first-order valence-electron chi connectivity index (χ1n) is 2.64. The van der Waals surface area contributed by atoms with Gasteiger partial charge < -0.3 is 0 Å². The molecule has 0 aromatic carbocycles. The number of alkyl halides is 2. The summed E-state index contributed by atoms with van der Waals surface area (Å²) in [7, 11) is 5.73. The fourth-order valence-electron chi connectivity index (χ4n) is 0.672. The van der Waals surface area contributed by atoms with Crippen LogP contribution in [0.5, 0.6) is 0 Å². The van der Waals surface area contributed by atoms with Gasteiger partial charge in [-0.2, -0.15) is 0 Å². The molecule has 1 heterocycles. The average Bonchev–Trinajstić information content (AvgIpc) is 1.91. The van der Waals surface area contributed by atoms with Crippen molar-refractivity contribution in [1.82, 2.24) is 0 Å². The molecular formula is C5H9BI-. The van der Waals surface area contributed by atoms with E-state index in [4.69, 9.17) is 7.85 Å². The predicted molar refractivity (Wildman–Crippen MR) is 28.2 cm³/mol. The van der Waals surface area contributed by atoms with Gasteiger partial charge in [-0.1, -0.05) is 0 Å². The third-order valence-electron chi connectivity index (χ3n) is 1.40. The average molecular weight is 207 g/mol. The van der Waals surface area contributed by atoms with Crippen molar-refractivity contribution in [2.75, 3.05) is 4.43 Å². The second-order valence-corrected chi connectivity index (χ2v) is 5.45. The van der Waals surface area contributed by atoms with Crippen molar-refractivity contribution in [2.45, 2.75) is 17.2 Å². The first kappa shape index (κ1) is 5.92. The van der Waals surface area contributed by atoms with Gasteiger partial charge in [0.1, 0.15) is 0 Å². The first-order valence-corrected chi connectivity index (χ1v) is 5.41. The molecule has 1 saturated heterocycles. The van der Waals surface area contributed by atoms with Crippen LogP contribution >= 0.6 is 0 Å². The summed E-state index contributed by atoms with van der Waals surface area (Å²) < 4.78 is 2.08. The first-order chi connectivity index (χ1) is 3.30. The summed E-state index contributed by atoms with van der Waals surface area (Å²) >= 11 is 0.417. The zero-order chi connectivity index (χ0) is 5.28. The van der Waals surface area contributed by atoms with Crippen LogP contribution in [-0.2, 0) is 0 Å². The van der Waals surface area contributed by atoms with Crippen molar-refractivity contribution < 1.29 is 21.2 Å². The van der Waals surface area contributed by atoms with Crippen molar-refractivity contribution >= 4 is 7.85 Å². The molecule has 2 radical (unpaired) electrons. The molecule has 0 saturated carbocycles. The SMILES string of the molecule is [B]C1[I-]CCC1C. The van der Waals surface area contributed by atoms with Gasteiger partial charge in [-0.05, 0) is 0 Å². The van der Waals surface area contributed by atoms with Gasteiger partial charge in [-0.3, -0.25) is 0 Å². The van der Waals surface area contributed by atoms with Gasteiger partial charge in [0.15, 0.2) is 0 Å². The van der Waals surface area contributed by atoms with Crippen molar-refractivity contribution in [1.29, 1.82) is 0 Å². The quantitative estimate of drug-likeness (QED) is 0.236. The fourth-order valence-corrected chi connectivity index (χ4v) is 3.96. The van der Waals surface area contributed by atoms with Crippen LogP contribution in [0.15, 0.2) is 0 Å². The minimum atomic E-state index is 0.417. The summed E-state index contributed by atoms with van der Waals surface area (Å²) in [5.74, 6) is 0.841. The zero-order valence-electron chi connectivity index (χ0n) is 4.52. The third kappa shape index (κ3) is 1.34. The minimum absolute atomic E-state index is 0.417. The third-order valence-corrected chi connectivity index (χ3v) is 4.89. The van der Waals surface area contributed by atoms with Gasteiger partial charge in [-0.15, -0.1) is 0 Å². The standard InChI is InChI=1S/C5H9BI/c1-4-2-3-7-5(4)6/h4-5H,2-3H2,1H3/q-1. The van der Waals surface area contributed by atoms with E-state index >= 15 is 0 Å². The van der Waals surface area contributed by atoms with Crippen LogP contribution in [-0.4, -0.2) is 16.1 Å². The number of hydrogen-bond acceptors (Lipinski definition) is 0. The Morgan fingerprint density at radius 3 is 2.57 bits per heavy atom. The van der Waals surface area contributed by atoms with Crippen molar-refractivity contribution in [3.05, 3.63) is 0 Å². The van der Waals surface area contributed by atoms with Crippen molar-refractivity contribution in [3.63, 3.8) is 0 Å². The van der Waals surface area contributed by atoms with Gasteiger partial charge in [0, 0.05) is 0 Å². The monoisotopic (exact) mass is 207 g/mol. The number of halogens is 1. The van der Waals surface area contributed by atoms with E-state index in [0.717, 1.165) is 5.92 Å². The van der Waals surface area contributed by atoms with Crippen LogP contribution in [0.2, 0.25) is 0 Å². The zero-order valence-corrected chi connectivity index (χ0v) is 6.68. The fraction of sp³-hybridized carbons (Fsp3) is 1.00. The summed E-state index contributed by atoms with van der Waals surface area (Å²) in [5.41, 5.74) is 0. The molecule has 1 aliphatic rings. The van der Waals surface area contributed by atoms with Crippen LogP contribution in [0.3, 0.4) is 0 Å². The van der Waals surface area contributed by atoms with Crippen molar-refractivity contribution in [2.24, 2.45) is 5.92 Å². The van der Waals surface area contributed by atoms with E-state index in [0.29, 0.717) is 25.0 Å². The van der Waals surface area contributed by atoms with Gasteiger partial charge >= 0.3 is 56.6 Å². The number of hydrogen-bond donors (Lipinski definition) is 0. The molecule has 1 aliphatic heterocycles. The summed E-state index contributed by atoms with van der Waals surface area (Å²) in [6.45, 7) is 2.26. The topological polar surface area (TPSA) is 0 Å². The van der Waals surface area contributed by atoms with Crippen LogP contribution < -0.4 is 21.2 Å². The van der Waals surface area contributed by atoms with E-state index in [9.17, 15) is 0 Å². The van der Waals surface area contributed by atoms with Crippen LogP contribution in [0.1, 0.15) is 13.3 Å². The molecule has 0 N–H and O–H groups in total. The molecule has 1 rings (SSSR count). The molecule has 0 aromatic rings. The Kier molecular flexibility index (Phi) is 2.01. The van der Waals surface area contributed by atoms with Crippen LogP contribution in [0.4, 0.5) is 0 Å². The molecule has 0 aromatic heterocycles. The summed E-state index contributed by atoms with van der Waals surface area (Å²) in [6.07, 6.45) is 1.40. The maximum absolute atomic E-state index is 5.73. The molecule has 0 aliphatic carbocycles. The molecule has 2 heteroatoms. The van der Waals surface area contributed by atoms with Gasteiger partial charge in [0.25, 0.3) is 0 Å². The molecule has 0 bridgehead atoms. The molecule has 2 unspecified atom stereocenters. The second-order valence-electron chi connectivity index (χ2n) is 2.05. The van der Waals surface area contributed by atoms with E-state index in [1.165, 1.54) is 10.8 Å². The Hall–Kier alpha value is 0.795. The Morgan fingerprint density at radius 1 is 1.71 bits per heavy atom. The Morgan fingerprint density at radius 2 is 2.43 bits per heavy atom. The van der Waals surface area contributed by atoms with Gasteiger partial charge in [0.05, 0.1) is 0 Å². The summed E-state index contributed by atoms with van der Waals surface area (Å²) in [5, 5.41) is 0. The molecule has 0 spiro atoms. The molecule has 0 amide bonds. The van der Waals surface area contributed by atoms with Crippen LogP contribution in [0.25, 0.3) is 0 Å². The predicted octanol–water partition coefficient (Wildman–Crippen LogP) is -2.39. The normalized spacial score (nSPS) is 43.0. The molecule has 1 fully saturated rings. The Balaban J connectivity index is 2.33. The molecular weight excluding hydrogens is 198 g/mol.